The minimum atomic E-state index is -0.0680. The van der Waals surface area contributed by atoms with E-state index in [9.17, 15) is 4.79 Å². The molecule has 138 valence electrons. The summed E-state index contributed by atoms with van der Waals surface area (Å²) in [5.74, 6) is 1.26. The monoisotopic (exact) mass is 372 g/mol. The molecule has 0 bridgehead atoms. The Labute approximate surface area is 160 Å². The maximum Gasteiger partial charge on any atom is 0.322 e. The van der Waals surface area contributed by atoms with Crippen LogP contribution < -0.4 is 10.2 Å². The first kappa shape index (κ1) is 18.5. The highest BCUT2D eigenvalue weighted by Crippen LogP contribution is 2.25. The van der Waals surface area contributed by atoms with Crippen molar-refractivity contribution in [2.75, 3.05) is 29.9 Å². The van der Waals surface area contributed by atoms with Gasteiger partial charge in [0.25, 0.3) is 0 Å². The molecule has 1 N–H and O–H groups in total. The summed E-state index contributed by atoms with van der Waals surface area (Å²) in [6.45, 7) is 8.40. The summed E-state index contributed by atoms with van der Waals surface area (Å²) in [4.78, 5) is 21.0. The van der Waals surface area contributed by atoms with Gasteiger partial charge in [-0.3, -0.25) is 0 Å². The van der Waals surface area contributed by atoms with E-state index in [1.165, 1.54) is 5.56 Å². The standard InChI is InChI=1S/C20H25ClN4O/c1-14(2)16-6-8-17(9-7-16)23-20(26)25-12-11-24(13-15(25)3)19-18(21)5-4-10-22-19/h4-10,14-15H,11-13H2,1-3H3,(H,23,26)/t15-/m0/s1. The van der Waals surface area contributed by atoms with Crippen LogP contribution in [0.1, 0.15) is 32.3 Å². The van der Waals surface area contributed by atoms with Crippen LogP contribution >= 0.6 is 11.6 Å². The van der Waals surface area contributed by atoms with E-state index in [0.29, 0.717) is 30.6 Å². The Kier molecular flexibility index (Phi) is 5.67. The molecule has 6 heteroatoms. The van der Waals surface area contributed by atoms with E-state index in [0.717, 1.165) is 11.5 Å². The molecule has 1 saturated heterocycles. The largest absolute Gasteiger partial charge is 0.352 e. The number of piperazine rings is 1. The van der Waals surface area contributed by atoms with Gasteiger partial charge in [-0.25, -0.2) is 9.78 Å². The molecule has 1 fully saturated rings. The summed E-state index contributed by atoms with van der Waals surface area (Å²) in [7, 11) is 0. The summed E-state index contributed by atoms with van der Waals surface area (Å²) >= 11 is 6.25. The Morgan fingerprint density at radius 1 is 1.23 bits per heavy atom. The third kappa shape index (κ3) is 4.10. The van der Waals surface area contributed by atoms with Gasteiger partial charge in [0, 0.05) is 37.6 Å². The van der Waals surface area contributed by atoms with E-state index in [-0.39, 0.29) is 12.1 Å². The van der Waals surface area contributed by atoms with E-state index < -0.39 is 0 Å². The second kappa shape index (κ2) is 7.96. The van der Waals surface area contributed by atoms with Crippen molar-refractivity contribution in [1.82, 2.24) is 9.88 Å². The first-order chi connectivity index (χ1) is 12.5. The highest BCUT2D eigenvalue weighted by Gasteiger charge is 2.28. The van der Waals surface area contributed by atoms with Crippen molar-refractivity contribution in [3.05, 3.63) is 53.2 Å². The lowest BCUT2D eigenvalue weighted by atomic mass is 10.0. The van der Waals surface area contributed by atoms with Gasteiger partial charge in [0.05, 0.1) is 5.02 Å². The second-order valence-electron chi connectivity index (χ2n) is 7.00. The molecule has 0 unspecified atom stereocenters. The molecule has 1 aliphatic rings. The Morgan fingerprint density at radius 3 is 2.58 bits per heavy atom. The molecule has 26 heavy (non-hydrogen) atoms. The number of hydrogen-bond donors (Lipinski definition) is 1. The lowest BCUT2D eigenvalue weighted by molar-refractivity contribution is 0.184. The first-order valence-electron chi connectivity index (χ1n) is 8.98. The van der Waals surface area contributed by atoms with Crippen LogP contribution in [0.4, 0.5) is 16.3 Å². The van der Waals surface area contributed by atoms with Crippen LogP contribution in [0.5, 0.6) is 0 Å². The lowest BCUT2D eigenvalue weighted by Crippen LogP contribution is -2.55. The molecule has 1 aliphatic heterocycles. The molecular formula is C20H25ClN4O. The Bertz CT molecular complexity index is 763. The zero-order valence-corrected chi connectivity index (χ0v) is 16.2. The van der Waals surface area contributed by atoms with E-state index in [1.807, 2.05) is 36.1 Å². The van der Waals surface area contributed by atoms with E-state index in [4.69, 9.17) is 11.6 Å². The van der Waals surface area contributed by atoms with Crippen LogP contribution in [0.25, 0.3) is 0 Å². The van der Waals surface area contributed by atoms with Crippen LogP contribution in [0.3, 0.4) is 0 Å². The van der Waals surface area contributed by atoms with Crippen molar-refractivity contribution < 1.29 is 4.79 Å². The summed E-state index contributed by atoms with van der Waals surface area (Å²) in [5, 5.41) is 3.64. The fraction of sp³-hybridized carbons (Fsp3) is 0.400. The van der Waals surface area contributed by atoms with Crippen LogP contribution in [0, 0.1) is 0 Å². The number of benzene rings is 1. The quantitative estimate of drug-likeness (QED) is 0.856. The number of amides is 2. The molecule has 0 aliphatic carbocycles. The zero-order valence-electron chi connectivity index (χ0n) is 15.4. The molecule has 5 nitrogen and oxygen atoms in total. The number of anilines is 2. The maximum atomic E-state index is 12.7. The van der Waals surface area contributed by atoms with Gasteiger partial charge in [0.2, 0.25) is 0 Å². The van der Waals surface area contributed by atoms with Crippen molar-refractivity contribution in [3.63, 3.8) is 0 Å². The molecular weight excluding hydrogens is 348 g/mol. The third-order valence-electron chi connectivity index (χ3n) is 4.76. The number of nitrogens with zero attached hydrogens (tertiary/aromatic N) is 3. The van der Waals surface area contributed by atoms with Gasteiger partial charge >= 0.3 is 6.03 Å². The molecule has 2 amide bonds. The third-order valence-corrected chi connectivity index (χ3v) is 5.05. The van der Waals surface area contributed by atoms with Gasteiger partial charge in [-0.2, -0.15) is 0 Å². The number of hydrogen-bond acceptors (Lipinski definition) is 3. The van der Waals surface area contributed by atoms with E-state index >= 15 is 0 Å². The average molecular weight is 373 g/mol. The Hall–Kier alpha value is -2.27. The van der Waals surface area contributed by atoms with Crippen LogP contribution in [-0.2, 0) is 0 Å². The highest BCUT2D eigenvalue weighted by molar-refractivity contribution is 6.32. The van der Waals surface area contributed by atoms with Crippen molar-refractivity contribution in [1.29, 1.82) is 0 Å². The van der Waals surface area contributed by atoms with Crippen LogP contribution in [0.2, 0.25) is 5.02 Å². The van der Waals surface area contributed by atoms with Crippen molar-refractivity contribution in [3.8, 4) is 0 Å². The predicted octanol–water partition coefficient (Wildman–Crippen LogP) is 4.60. The summed E-state index contributed by atoms with van der Waals surface area (Å²) in [6, 6.07) is 11.7. The number of halogens is 1. The zero-order chi connectivity index (χ0) is 18.7. The van der Waals surface area contributed by atoms with Crippen LogP contribution in [0.15, 0.2) is 42.6 Å². The number of carbonyl (C=O) groups excluding carboxylic acids is 1. The molecule has 0 spiro atoms. The lowest BCUT2D eigenvalue weighted by Gasteiger charge is -2.40. The minimum Gasteiger partial charge on any atom is -0.352 e. The number of nitrogens with one attached hydrogen (secondary N) is 1. The van der Waals surface area contributed by atoms with E-state index in [1.54, 1.807) is 6.20 Å². The molecule has 2 heterocycles. The summed E-state index contributed by atoms with van der Waals surface area (Å²) in [5.41, 5.74) is 2.08. The molecule has 1 atom stereocenters. The number of carbonyl (C=O) groups is 1. The number of urea groups is 1. The molecule has 2 aromatic rings. The van der Waals surface area contributed by atoms with Gasteiger partial charge < -0.3 is 15.1 Å². The van der Waals surface area contributed by atoms with Gasteiger partial charge in [-0.05, 0) is 42.7 Å². The maximum absolute atomic E-state index is 12.7. The predicted molar refractivity (Wildman–Crippen MR) is 107 cm³/mol. The summed E-state index contributed by atoms with van der Waals surface area (Å²) in [6.07, 6.45) is 1.74. The smallest absolute Gasteiger partial charge is 0.322 e. The van der Waals surface area contributed by atoms with Crippen molar-refractivity contribution >= 4 is 29.1 Å². The first-order valence-corrected chi connectivity index (χ1v) is 9.36. The fourth-order valence-electron chi connectivity index (χ4n) is 3.21. The molecule has 3 rings (SSSR count). The number of pyridine rings is 1. The van der Waals surface area contributed by atoms with Crippen molar-refractivity contribution in [2.45, 2.75) is 32.7 Å². The number of aromatic nitrogens is 1. The highest BCUT2D eigenvalue weighted by atomic mass is 35.5. The fourth-order valence-corrected chi connectivity index (χ4v) is 3.45. The Balaban J connectivity index is 1.62. The minimum absolute atomic E-state index is 0.0664. The van der Waals surface area contributed by atoms with E-state index in [2.05, 4.69) is 41.2 Å². The van der Waals surface area contributed by atoms with Crippen molar-refractivity contribution in [2.24, 2.45) is 0 Å². The van der Waals surface area contributed by atoms with Gasteiger partial charge in [-0.1, -0.05) is 37.6 Å². The molecule has 1 aromatic heterocycles. The van der Waals surface area contributed by atoms with Gasteiger partial charge in [0.1, 0.15) is 5.82 Å². The number of rotatable bonds is 3. The SMILES string of the molecule is CC(C)c1ccc(NC(=O)N2CCN(c3ncccc3Cl)C[C@@H]2C)cc1. The molecule has 1 aromatic carbocycles. The normalized spacial score (nSPS) is 17.5. The van der Waals surface area contributed by atoms with Crippen LogP contribution in [-0.4, -0.2) is 41.6 Å². The molecule has 0 saturated carbocycles. The second-order valence-corrected chi connectivity index (χ2v) is 7.41. The van der Waals surface area contributed by atoms with Gasteiger partial charge in [-0.15, -0.1) is 0 Å². The molecule has 0 radical (unpaired) electrons. The van der Waals surface area contributed by atoms with Gasteiger partial charge in [0.15, 0.2) is 0 Å². The topological polar surface area (TPSA) is 48.5 Å². The average Bonchev–Trinajstić information content (AvgIpc) is 2.62. The Morgan fingerprint density at radius 2 is 1.96 bits per heavy atom. The summed E-state index contributed by atoms with van der Waals surface area (Å²) < 4.78 is 0.